The summed E-state index contributed by atoms with van der Waals surface area (Å²) in [6.45, 7) is 0. The molecule has 0 radical (unpaired) electrons. The van der Waals surface area contributed by atoms with Crippen molar-refractivity contribution < 1.29 is 19.2 Å². The smallest absolute Gasteiger partial charge is 0.360 e. The van der Waals surface area contributed by atoms with Crippen LogP contribution in [0.4, 0.5) is 11.4 Å². The number of aromatic hydroxyl groups is 1. The zero-order chi connectivity index (χ0) is 17.3. The van der Waals surface area contributed by atoms with E-state index in [4.69, 9.17) is 4.42 Å². The van der Waals surface area contributed by atoms with Gasteiger partial charge < -0.3 is 14.8 Å². The lowest BCUT2D eigenvalue weighted by atomic mass is 10.2. The first kappa shape index (κ1) is 15.2. The summed E-state index contributed by atoms with van der Waals surface area (Å²) in [5.41, 5.74) is -0.643. The van der Waals surface area contributed by atoms with Crippen LogP contribution in [0, 0.1) is 10.1 Å². The van der Waals surface area contributed by atoms with E-state index in [1.807, 2.05) is 0 Å². The number of benzene rings is 2. The Kier molecular flexibility index (Phi) is 3.70. The fourth-order valence-electron chi connectivity index (χ4n) is 2.12. The van der Waals surface area contributed by atoms with Gasteiger partial charge in [0.25, 0.3) is 11.6 Å². The molecule has 0 atom stereocenters. The standard InChI is InChI=1S/C16H10N2O6/c19-12-6-3-10-7-13(16(21)24-14(10)8-12)17-15(20)9-1-4-11(5-2-9)18(22)23/h1-8,19H,(H,17,20). The largest absolute Gasteiger partial charge is 0.508 e. The lowest BCUT2D eigenvalue weighted by Gasteiger charge is -2.05. The Hall–Kier alpha value is -3.68. The molecule has 0 saturated heterocycles. The third kappa shape index (κ3) is 2.93. The Bertz CT molecular complexity index is 1010. The maximum atomic E-state index is 12.1. The lowest BCUT2D eigenvalue weighted by molar-refractivity contribution is -0.384. The maximum Gasteiger partial charge on any atom is 0.360 e. The van der Waals surface area contributed by atoms with E-state index in [0.717, 1.165) is 0 Å². The van der Waals surface area contributed by atoms with Crippen molar-refractivity contribution in [1.29, 1.82) is 0 Å². The summed E-state index contributed by atoms with van der Waals surface area (Å²) in [7, 11) is 0. The van der Waals surface area contributed by atoms with Crippen LogP contribution in [-0.2, 0) is 0 Å². The normalized spacial score (nSPS) is 10.5. The number of anilines is 1. The number of hydrogen-bond donors (Lipinski definition) is 2. The van der Waals surface area contributed by atoms with Crippen LogP contribution in [0.2, 0.25) is 0 Å². The van der Waals surface area contributed by atoms with Gasteiger partial charge in [0.1, 0.15) is 17.0 Å². The lowest BCUT2D eigenvalue weighted by Crippen LogP contribution is -2.17. The SMILES string of the molecule is O=C(Nc1cc2ccc(O)cc2oc1=O)c1ccc([N+](=O)[O-])cc1. The Labute approximate surface area is 134 Å². The van der Waals surface area contributed by atoms with Crippen molar-refractivity contribution in [2.24, 2.45) is 0 Å². The summed E-state index contributed by atoms with van der Waals surface area (Å²) in [6, 6.07) is 10.6. The summed E-state index contributed by atoms with van der Waals surface area (Å²) in [5.74, 6) is -0.649. The summed E-state index contributed by atoms with van der Waals surface area (Å²) in [4.78, 5) is 34.1. The van der Waals surface area contributed by atoms with Crippen LogP contribution in [0.25, 0.3) is 11.0 Å². The van der Waals surface area contributed by atoms with E-state index in [2.05, 4.69) is 5.32 Å². The highest BCUT2D eigenvalue weighted by Gasteiger charge is 2.13. The summed E-state index contributed by atoms with van der Waals surface area (Å²) in [5, 5.41) is 22.9. The highest BCUT2D eigenvalue weighted by Crippen LogP contribution is 2.21. The Morgan fingerprint density at radius 1 is 1.12 bits per heavy atom. The van der Waals surface area contributed by atoms with Crippen LogP contribution in [0.1, 0.15) is 10.4 Å². The van der Waals surface area contributed by atoms with Gasteiger partial charge in [-0.1, -0.05) is 0 Å². The molecule has 0 unspecified atom stereocenters. The molecule has 3 aromatic rings. The molecule has 2 N–H and O–H groups in total. The second-order valence-corrected chi connectivity index (χ2v) is 4.93. The topological polar surface area (TPSA) is 123 Å². The predicted molar refractivity (Wildman–Crippen MR) is 85.2 cm³/mol. The molecule has 2 aromatic carbocycles. The number of non-ortho nitro benzene ring substituents is 1. The third-order valence-corrected chi connectivity index (χ3v) is 3.31. The molecule has 0 aliphatic carbocycles. The van der Waals surface area contributed by atoms with Crippen molar-refractivity contribution in [2.45, 2.75) is 0 Å². The minimum Gasteiger partial charge on any atom is -0.508 e. The number of nitrogens with zero attached hydrogens (tertiary/aromatic N) is 1. The number of fused-ring (bicyclic) bond motifs is 1. The molecule has 1 aromatic heterocycles. The maximum absolute atomic E-state index is 12.1. The molecule has 0 fully saturated rings. The van der Waals surface area contributed by atoms with E-state index in [-0.39, 0.29) is 28.3 Å². The molecule has 0 bridgehead atoms. The molecular weight excluding hydrogens is 316 g/mol. The van der Waals surface area contributed by atoms with Gasteiger partial charge in [0.2, 0.25) is 0 Å². The van der Waals surface area contributed by atoms with E-state index < -0.39 is 16.5 Å². The number of amides is 1. The van der Waals surface area contributed by atoms with Crippen LogP contribution in [0.3, 0.4) is 0 Å². The highest BCUT2D eigenvalue weighted by atomic mass is 16.6. The van der Waals surface area contributed by atoms with Gasteiger partial charge in [-0.25, -0.2) is 4.79 Å². The Morgan fingerprint density at radius 2 is 1.83 bits per heavy atom. The quantitative estimate of drug-likeness (QED) is 0.433. The Balaban J connectivity index is 1.90. The minimum atomic E-state index is -0.775. The van der Waals surface area contributed by atoms with Crippen molar-refractivity contribution in [3.63, 3.8) is 0 Å². The van der Waals surface area contributed by atoms with Crippen molar-refractivity contribution in [3.05, 3.63) is 74.6 Å². The summed E-state index contributed by atoms with van der Waals surface area (Å²) in [6.07, 6.45) is 0. The predicted octanol–water partition coefficient (Wildman–Crippen LogP) is 2.66. The molecule has 24 heavy (non-hydrogen) atoms. The number of carbonyl (C=O) groups excluding carboxylic acids is 1. The number of rotatable bonds is 3. The summed E-state index contributed by atoms with van der Waals surface area (Å²) >= 11 is 0. The molecular formula is C16H10N2O6. The van der Waals surface area contributed by atoms with Crippen LogP contribution in [0.5, 0.6) is 5.75 Å². The molecule has 0 aliphatic rings. The van der Waals surface area contributed by atoms with Gasteiger partial charge in [0.05, 0.1) is 4.92 Å². The molecule has 0 spiro atoms. The number of phenolic OH excluding ortho intramolecular Hbond substituents is 1. The highest BCUT2D eigenvalue weighted by molar-refractivity contribution is 6.04. The molecule has 8 heteroatoms. The molecule has 1 amide bonds. The van der Waals surface area contributed by atoms with Crippen molar-refractivity contribution in [2.75, 3.05) is 5.32 Å². The van der Waals surface area contributed by atoms with Gasteiger partial charge >= 0.3 is 5.63 Å². The first-order valence-corrected chi connectivity index (χ1v) is 6.77. The zero-order valence-electron chi connectivity index (χ0n) is 12.1. The third-order valence-electron chi connectivity index (χ3n) is 3.31. The monoisotopic (exact) mass is 326 g/mol. The van der Waals surface area contributed by atoms with Gasteiger partial charge in [-0.2, -0.15) is 0 Å². The van der Waals surface area contributed by atoms with E-state index >= 15 is 0 Å². The van der Waals surface area contributed by atoms with Gasteiger partial charge in [-0.05, 0) is 30.3 Å². The van der Waals surface area contributed by atoms with E-state index in [9.17, 15) is 24.8 Å². The fourth-order valence-corrected chi connectivity index (χ4v) is 2.12. The van der Waals surface area contributed by atoms with Crippen LogP contribution < -0.4 is 10.9 Å². The van der Waals surface area contributed by atoms with Crippen LogP contribution in [0.15, 0.2) is 57.7 Å². The van der Waals surface area contributed by atoms with Crippen molar-refractivity contribution in [3.8, 4) is 5.75 Å². The van der Waals surface area contributed by atoms with E-state index in [1.165, 1.54) is 48.5 Å². The molecule has 1 heterocycles. The number of nitro benzene ring substituents is 1. The van der Waals surface area contributed by atoms with Crippen molar-refractivity contribution >= 4 is 28.3 Å². The van der Waals surface area contributed by atoms with Gasteiger partial charge in [-0.15, -0.1) is 0 Å². The summed E-state index contributed by atoms with van der Waals surface area (Å²) < 4.78 is 5.04. The van der Waals surface area contributed by atoms with Crippen LogP contribution in [-0.4, -0.2) is 15.9 Å². The average Bonchev–Trinajstić information content (AvgIpc) is 2.55. The number of nitrogens with one attached hydrogen (secondary N) is 1. The number of phenols is 1. The first-order valence-electron chi connectivity index (χ1n) is 6.77. The van der Waals surface area contributed by atoms with Gasteiger partial charge in [-0.3, -0.25) is 14.9 Å². The Morgan fingerprint density at radius 3 is 2.50 bits per heavy atom. The first-order chi connectivity index (χ1) is 11.4. The molecule has 120 valence electrons. The number of nitro groups is 1. The van der Waals surface area contributed by atoms with Gasteiger partial charge in [0.15, 0.2) is 0 Å². The number of hydrogen-bond acceptors (Lipinski definition) is 6. The second-order valence-electron chi connectivity index (χ2n) is 4.93. The van der Waals surface area contributed by atoms with E-state index in [0.29, 0.717) is 5.39 Å². The second kappa shape index (κ2) is 5.84. The number of carbonyl (C=O) groups is 1. The molecule has 8 nitrogen and oxygen atoms in total. The molecule has 3 rings (SSSR count). The fraction of sp³-hybridized carbons (Fsp3) is 0. The molecule has 0 saturated carbocycles. The zero-order valence-corrected chi connectivity index (χ0v) is 12.1. The van der Waals surface area contributed by atoms with Crippen LogP contribution >= 0.6 is 0 Å². The molecule has 0 aliphatic heterocycles. The van der Waals surface area contributed by atoms with Crippen molar-refractivity contribution in [1.82, 2.24) is 0 Å². The average molecular weight is 326 g/mol. The van der Waals surface area contributed by atoms with Gasteiger partial charge in [0, 0.05) is 29.1 Å². The van der Waals surface area contributed by atoms with E-state index in [1.54, 1.807) is 0 Å². The minimum absolute atomic E-state index is 0.0479.